The molecule has 78 valence electrons. The van der Waals surface area contributed by atoms with Crippen LogP contribution in [0.2, 0.25) is 0 Å². The molecule has 3 N–H and O–H groups in total. The first-order valence-corrected chi connectivity index (χ1v) is 5.13. The SMILES string of the molecule is CC(N)C(CO)N(C)CC1CC1C. The number of likely N-dealkylation sites (N-methyl/N-ethyl adjacent to an activating group) is 1. The summed E-state index contributed by atoms with van der Waals surface area (Å²) in [6, 6.07) is 0.164. The third-order valence-corrected chi connectivity index (χ3v) is 3.16. The molecule has 0 aromatic carbocycles. The van der Waals surface area contributed by atoms with E-state index in [1.54, 1.807) is 0 Å². The molecule has 0 aliphatic heterocycles. The molecule has 3 heteroatoms. The number of nitrogens with two attached hydrogens (primary N) is 1. The van der Waals surface area contributed by atoms with Gasteiger partial charge in [0, 0.05) is 18.6 Å². The summed E-state index contributed by atoms with van der Waals surface area (Å²) >= 11 is 0. The highest BCUT2D eigenvalue weighted by atomic mass is 16.3. The molecule has 13 heavy (non-hydrogen) atoms. The lowest BCUT2D eigenvalue weighted by molar-refractivity contribution is 0.126. The summed E-state index contributed by atoms with van der Waals surface area (Å²) in [6.45, 7) is 5.47. The molecule has 4 unspecified atom stereocenters. The van der Waals surface area contributed by atoms with Crippen molar-refractivity contribution in [3.8, 4) is 0 Å². The Kier molecular flexibility index (Phi) is 3.71. The van der Waals surface area contributed by atoms with Gasteiger partial charge < -0.3 is 10.8 Å². The molecule has 0 bridgehead atoms. The van der Waals surface area contributed by atoms with Gasteiger partial charge in [0.05, 0.1) is 6.61 Å². The van der Waals surface area contributed by atoms with E-state index >= 15 is 0 Å². The van der Waals surface area contributed by atoms with Crippen molar-refractivity contribution >= 4 is 0 Å². The smallest absolute Gasteiger partial charge is 0.0601 e. The predicted octanol–water partition coefficient (Wildman–Crippen LogP) is 0.282. The fraction of sp³-hybridized carbons (Fsp3) is 1.00. The number of aliphatic hydroxyl groups excluding tert-OH is 1. The minimum atomic E-state index is 0.0454. The van der Waals surface area contributed by atoms with Crippen LogP contribution >= 0.6 is 0 Å². The molecule has 1 aliphatic rings. The molecule has 3 nitrogen and oxygen atoms in total. The third kappa shape index (κ3) is 2.93. The highest BCUT2D eigenvalue weighted by Crippen LogP contribution is 2.38. The molecule has 1 fully saturated rings. The van der Waals surface area contributed by atoms with E-state index in [0.29, 0.717) is 0 Å². The molecule has 0 radical (unpaired) electrons. The normalized spacial score (nSPS) is 31.8. The minimum absolute atomic E-state index is 0.0454. The van der Waals surface area contributed by atoms with Gasteiger partial charge in [-0.25, -0.2) is 0 Å². The van der Waals surface area contributed by atoms with Gasteiger partial charge >= 0.3 is 0 Å². The summed E-state index contributed by atoms with van der Waals surface area (Å²) < 4.78 is 0. The van der Waals surface area contributed by atoms with Crippen molar-refractivity contribution in [1.29, 1.82) is 0 Å². The number of nitrogens with zero attached hydrogens (tertiary/aromatic N) is 1. The maximum atomic E-state index is 9.14. The van der Waals surface area contributed by atoms with Crippen LogP contribution < -0.4 is 5.73 Å². The summed E-state index contributed by atoms with van der Waals surface area (Å²) in [5.41, 5.74) is 5.78. The second-order valence-electron chi connectivity index (χ2n) is 4.52. The van der Waals surface area contributed by atoms with Crippen molar-refractivity contribution in [3.05, 3.63) is 0 Å². The Balaban J connectivity index is 2.31. The minimum Gasteiger partial charge on any atom is -0.395 e. The molecule has 1 aliphatic carbocycles. The first kappa shape index (κ1) is 11.0. The summed E-state index contributed by atoms with van der Waals surface area (Å²) in [5.74, 6) is 1.70. The van der Waals surface area contributed by atoms with Crippen molar-refractivity contribution in [1.82, 2.24) is 4.90 Å². The monoisotopic (exact) mass is 186 g/mol. The standard InChI is InChI=1S/C10H22N2O/c1-7-4-9(7)5-12(3)10(6-13)8(2)11/h7-10,13H,4-6,11H2,1-3H3. The fourth-order valence-corrected chi connectivity index (χ4v) is 1.87. The van der Waals surface area contributed by atoms with Crippen molar-refractivity contribution < 1.29 is 5.11 Å². The summed E-state index contributed by atoms with van der Waals surface area (Å²) in [7, 11) is 2.05. The molecule has 0 spiro atoms. The molecule has 4 atom stereocenters. The van der Waals surface area contributed by atoms with Crippen molar-refractivity contribution in [2.45, 2.75) is 32.4 Å². The predicted molar refractivity (Wildman–Crippen MR) is 54.4 cm³/mol. The Hall–Kier alpha value is -0.120. The number of hydrogen-bond acceptors (Lipinski definition) is 3. The maximum absolute atomic E-state index is 9.14. The van der Waals surface area contributed by atoms with Gasteiger partial charge in [-0.3, -0.25) is 4.90 Å². The Morgan fingerprint density at radius 3 is 2.46 bits per heavy atom. The maximum Gasteiger partial charge on any atom is 0.0601 e. The Morgan fingerprint density at radius 1 is 1.62 bits per heavy atom. The van der Waals surface area contributed by atoms with E-state index in [4.69, 9.17) is 10.8 Å². The second-order valence-corrected chi connectivity index (χ2v) is 4.52. The van der Waals surface area contributed by atoms with Crippen LogP contribution in [0.3, 0.4) is 0 Å². The quantitative estimate of drug-likeness (QED) is 0.648. The zero-order valence-electron chi connectivity index (χ0n) is 8.90. The molecule has 1 rings (SSSR count). The summed E-state index contributed by atoms with van der Waals surface area (Å²) in [5, 5.41) is 9.14. The fourth-order valence-electron chi connectivity index (χ4n) is 1.87. The van der Waals surface area contributed by atoms with Crippen molar-refractivity contribution in [3.63, 3.8) is 0 Å². The van der Waals surface area contributed by atoms with Gasteiger partial charge in [0.2, 0.25) is 0 Å². The molecule has 1 saturated carbocycles. The molecule has 0 aromatic heterocycles. The van der Waals surface area contributed by atoms with Crippen LogP contribution in [-0.4, -0.2) is 42.3 Å². The highest BCUT2D eigenvalue weighted by molar-refractivity contribution is 4.87. The van der Waals surface area contributed by atoms with E-state index in [9.17, 15) is 0 Å². The van der Waals surface area contributed by atoms with Crippen LogP contribution in [0.1, 0.15) is 20.3 Å². The Morgan fingerprint density at radius 2 is 2.15 bits per heavy atom. The largest absolute Gasteiger partial charge is 0.395 e. The topological polar surface area (TPSA) is 49.5 Å². The number of aliphatic hydroxyl groups is 1. The van der Waals surface area contributed by atoms with Crippen molar-refractivity contribution in [2.24, 2.45) is 17.6 Å². The third-order valence-electron chi connectivity index (χ3n) is 3.16. The average Bonchev–Trinajstić information content (AvgIpc) is 2.66. The van der Waals surface area contributed by atoms with E-state index in [1.807, 2.05) is 6.92 Å². The van der Waals surface area contributed by atoms with Crippen LogP contribution in [0.25, 0.3) is 0 Å². The van der Waals surface area contributed by atoms with Crippen LogP contribution in [0.4, 0.5) is 0 Å². The van der Waals surface area contributed by atoms with Gasteiger partial charge in [-0.05, 0) is 32.2 Å². The molecule has 0 heterocycles. The number of hydrogen-bond donors (Lipinski definition) is 2. The van der Waals surface area contributed by atoms with Gasteiger partial charge in [-0.1, -0.05) is 6.92 Å². The van der Waals surface area contributed by atoms with Gasteiger partial charge in [0.15, 0.2) is 0 Å². The van der Waals surface area contributed by atoms with Gasteiger partial charge in [0.1, 0.15) is 0 Å². The van der Waals surface area contributed by atoms with E-state index in [2.05, 4.69) is 18.9 Å². The summed E-state index contributed by atoms with van der Waals surface area (Å²) in [4.78, 5) is 2.19. The van der Waals surface area contributed by atoms with E-state index < -0.39 is 0 Å². The first-order chi connectivity index (χ1) is 6.06. The zero-order chi connectivity index (χ0) is 10.0. The Labute approximate surface area is 80.9 Å². The lowest BCUT2D eigenvalue weighted by atomic mass is 10.1. The molecule has 0 saturated heterocycles. The average molecular weight is 186 g/mol. The lowest BCUT2D eigenvalue weighted by Crippen LogP contribution is -2.47. The molecule has 0 amide bonds. The van der Waals surface area contributed by atoms with Gasteiger partial charge in [0.25, 0.3) is 0 Å². The molecular weight excluding hydrogens is 164 g/mol. The summed E-state index contributed by atoms with van der Waals surface area (Å²) in [6.07, 6.45) is 1.33. The van der Waals surface area contributed by atoms with Gasteiger partial charge in [-0.2, -0.15) is 0 Å². The number of rotatable bonds is 5. The van der Waals surface area contributed by atoms with Crippen LogP contribution in [0, 0.1) is 11.8 Å². The Bertz CT molecular complexity index is 161. The van der Waals surface area contributed by atoms with Crippen molar-refractivity contribution in [2.75, 3.05) is 20.2 Å². The van der Waals surface area contributed by atoms with E-state index in [1.165, 1.54) is 6.42 Å². The van der Waals surface area contributed by atoms with E-state index in [-0.39, 0.29) is 18.7 Å². The van der Waals surface area contributed by atoms with Crippen LogP contribution in [0.15, 0.2) is 0 Å². The van der Waals surface area contributed by atoms with Crippen LogP contribution in [-0.2, 0) is 0 Å². The lowest BCUT2D eigenvalue weighted by Gasteiger charge is -2.29. The van der Waals surface area contributed by atoms with E-state index in [0.717, 1.165) is 18.4 Å². The zero-order valence-corrected chi connectivity index (χ0v) is 8.90. The second kappa shape index (κ2) is 4.40. The van der Waals surface area contributed by atoms with Crippen LogP contribution in [0.5, 0.6) is 0 Å². The molecular formula is C10H22N2O. The van der Waals surface area contributed by atoms with Gasteiger partial charge in [-0.15, -0.1) is 0 Å². The molecule has 0 aromatic rings. The first-order valence-electron chi connectivity index (χ1n) is 5.13. The highest BCUT2D eigenvalue weighted by Gasteiger charge is 2.34.